The topological polar surface area (TPSA) is 206 Å². The van der Waals surface area contributed by atoms with Crippen molar-refractivity contribution in [3.8, 4) is 5.75 Å². The van der Waals surface area contributed by atoms with Crippen LogP contribution in [-0.4, -0.2) is 65.6 Å². The molecule has 17 heteroatoms. The zero-order valence-electron chi connectivity index (χ0n) is 39.1. The molecule has 8 rings (SSSR count). The highest BCUT2D eigenvalue weighted by molar-refractivity contribution is 7.00. The number of carbonyl (C=O) groups is 5. The summed E-state index contributed by atoms with van der Waals surface area (Å²) in [7, 11) is -3.23. The van der Waals surface area contributed by atoms with Gasteiger partial charge in [-0.3, -0.25) is 29.9 Å². The van der Waals surface area contributed by atoms with Crippen LogP contribution in [0.25, 0.3) is 10.8 Å². The van der Waals surface area contributed by atoms with Gasteiger partial charge in [0.1, 0.15) is 11.4 Å². The molecule has 70 heavy (non-hydrogen) atoms. The second-order valence-corrected chi connectivity index (χ2v) is 22.8. The zero-order valence-corrected chi connectivity index (χ0v) is 40.1. The molecule has 0 unspecified atom stereocenters. The van der Waals surface area contributed by atoms with Crippen molar-refractivity contribution in [2.45, 2.75) is 52.6 Å². The van der Waals surface area contributed by atoms with Crippen molar-refractivity contribution in [1.29, 1.82) is 0 Å². The van der Waals surface area contributed by atoms with Crippen molar-refractivity contribution in [2.24, 2.45) is 17.8 Å². The van der Waals surface area contributed by atoms with Crippen molar-refractivity contribution in [2.75, 3.05) is 11.4 Å². The highest BCUT2D eigenvalue weighted by atomic mass is 28.4. The normalized spacial score (nSPS) is 16.6. The van der Waals surface area contributed by atoms with E-state index < -0.39 is 77.5 Å². The molecule has 356 valence electrons. The lowest BCUT2D eigenvalue weighted by Crippen LogP contribution is -2.68. The summed E-state index contributed by atoms with van der Waals surface area (Å²) < 4.78 is 18.4. The number of hydrogen-bond donors (Lipinski definition) is 0. The first kappa shape index (κ1) is 48.2. The minimum Gasteiger partial charge on any atom is -0.534 e. The number of nitrogens with zero attached hydrogens (tertiary/aromatic N) is 4. The number of benzene rings is 6. The van der Waals surface area contributed by atoms with E-state index in [0.717, 1.165) is 63.8 Å². The molecule has 0 N–H and O–H groups in total. The van der Waals surface area contributed by atoms with Gasteiger partial charge in [0.05, 0.1) is 45.2 Å². The fraction of sp³-hybridized carbons (Fsp3) is 0.226. The summed E-state index contributed by atoms with van der Waals surface area (Å²) >= 11 is 0. The number of rotatable bonds is 13. The van der Waals surface area contributed by atoms with Gasteiger partial charge < -0.3 is 18.8 Å². The minimum absolute atomic E-state index is 0.158. The number of carbonyl (C=O) groups excluding carboxylic acids is 5. The average molecular weight is 961 g/mol. The summed E-state index contributed by atoms with van der Waals surface area (Å²) in [6, 6.07) is 39.1. The first-order chi connectivity index (χ1) is 33.3. The molecule has 2 aliphatic rings. The van der Waals surface area contributed by atoms with Crippen LogP contribution in [0, 0.1) is 38.0 Å². The van der Waals surface area contributed by atoms with Crippen LogP contribution in [-0.2, 0) is 19.1 Å². The molecule has 2 amide bonds. The minimum atomic E-state index is -3.23. The van der Waals surface area contributed by atoms with Crippen LogP contribution in [0.4, 0.5) is 21.9 Å². The molecular formula is C53H48N4O12Si. The van der Waals surface area contributed by atoms with E-state index in [4.69, 9.17) is 13.9 Å². The Morgan fingerprint density at radius 3 is 1.67 bits per heavy atom. The molecule has 1 saturated heterocycles. The molecule has 16 nitrogen and oxygen atoms in total. The maximum absolute atomic E-state index is 14.8. The Morgan fingerprint density at radius 1 is 0.671 bits per heavy atom. The van der Waals surface area contributed by atoms with Crippen molar-refractivity contribution in [1.82, 2.24) is 4.90 Å². The number of ether oxygens (including phenoxy) is 2. The number of nitro groups is 2. The molecule has 6 aromatic carbocycles. The Morgan fingerprint density at radius 2 is 1.17 bits per heavy atom. The quantitative estimate of drug-likeness (QED) is 0.0265. The van der Waals surface area contributed by atoms with Crippen LogP contribution >= 0.6 is 0 Å². The molecule has 0 radical (unpaired) electrons. The van der Waals surface area contributed by atoms with E-state index in [2.05, 4.69) is 45.0 Å². The lowest BCUT2D eigenvalue weighted by atomic mass is 9.74. The number of β-lactam (4-membered cyclic amide) rings is 1. The monoisotopic (exact) mass is 960 g/mol. The number of esters is 3. The van der Waals surface area contributed by atoms with Gasteiger partial charge in [0, 0.05) is 41.0 Å². The largest absolute Gasteiger partial charge is 0.534 e. The third kappa shape index (κ3) is 8.70. The first-order valence-corrected chi connectivity index (χ1v) is 24.4. The van der Waals surface area contributed by atoms with Crippen LogP contribution in [0.5, 0.6) is 5.75 Å². The molecular weight excluding hydrogens is 913 g/mol. The average Bonchev–Trinajstić information content (AvgIpc) is 3.58. The maximum Gasteiger partial charge on any atom is 0.422 e. The van der Waals surface area contributed by atoms with Gasteiger partial charge in [0.25, 0.3) is 11.4 Å². The molecule has 1 fully saturated rings. The third-order valence-corrected chi connectivity index (χ3v) is 18.0. The molecule has 3 atom stereocenters. The second-order valence-electron chi connectivity index (χ2n) is 18.6. The van der Waals surface area contributed by atoms with E-state index in [0.29, 0.717) is 16.5 Å². The lowest BCUT2D eigenvalue weighted by molar-refractivity contribution is -0.385. The number of amides is 2. The zero-order chi connectivity index (χ0) is 50.2. The molecule has 0 spiro atoms. The van der Waals surface area contributed by atoms with E-state index >= 15 is 0 Å². The van der Waals surface area contributed by atoms with Gasteiger partial charge in [0.15, 0.2) is 0 Å². The Balaban J connectivity index is 1.26. The Hall–Kier alpha value is -8.31. The van der Waals surface area contributed by atoms with Crippen LogP contribution < -0.4 is 19.7 Å². The predicted molar refractivity (Wildman–Crippen MR) is 262 cm³/mol. The van der Waals surface area contributed by atoms with Gasteiger partial charge in [-0.1, -0.05) is 126 Å². The van der Waals surface area contributed by atoms with Gasteiger partial charge in [0.2, 0.25) is 5.91 Å². The summed E-state index contributed by atoms with van der Waals surface area (Å²) in [6.07, 6.45) is -1.19. The van der Waals surface area contributed by atoms with E-state index in [9.17, 15) is 44.2 Å². The highest BCUT2D eigenvalue weighted by Crippen LogP contribution is 2.50. The predicted octanol–water partition coefficient (Wildman–Crippen LogP) is 9.15. The van der Waals surface area contributed by atoms with E-state index in [1.165, 1.54) is 4.90 Å². The van der Waals surface area contributed by atoms with E-state index in [1.54, 1.807) is 31.2 Å². The van der Waals surface area contributed by atoms with E-state index in [1.807, 2.05) is 62.4 Å². The van der Waals surface area contributed by atoms with Crippen molar-refractivity contribution < 1.29 is 47.7 Å². The molecule has 0 aromatic heterocycles. The summed E-state index contributed by atoms with van der Waals surface area (Å²) in [5, 5.41) is 25.3. The van der Waals surface area contributed by atoms with Gasteiger partial charge >= 0.3 is 32.3 Å². The maximum atomic E-state index is 14.8. The summed E-state index contributed by atoms with van der Waals surface area (Å²) in [5.41, 5.74) is -0.730. The number of non-ortho nitro benzene ring substituents is 2. The molecule has 0 saturated carbocycles. The van der Waals surface area contributed by atoms with Gasteiger partial charge in [-0.05, 0) is 63.3 Å². The Bertz CT molecular complexity index is 3060. The summed E-state index contributed by atoms with van der Waals surface area (Å²) in [6.45, 7) is 11.5. The number of anilines is 1. The number of nitro benzene ring substituents is 2. The smallest absolute Gasteiger partial charge is 0.422 e. The van der Waals surface area contributed by atoms with Crippen LogP contribution in [0.2, 0.25) is 5.04 Å². The van der Waals surface area contributed by atoms with Crippen LogP contribution in [0.1, 0.15) is 62.3 Å². The fourth-order valence-corrected chi connectivity index (χ4v) is 14.1. The Kier molecular flexibility index (Phi) is 13.1. The number of hydrogen-bond acceptors (Lipinski definition) is 12. The van der Waals surface area contributed by atoms with Gasteiger partial charge in [-0.2, -0.15) is 0 Å². The van der Waals surface area contributed by atoms with Crippen molar-refractivity contribution >= 4 is 76.4 Å². The van der Waals surface area contributed by atoms with Gasteiger partial charge in [-0.15, -0.1) is 0 Å². The third-order valence-electron chi connectivity index (χ3n) is 13.1. The van der Waals surface area contributed by atoms with Gasteiger partial charge in [-0.25, -0.2) is 19.2 Å². The fourth-order valence-electron chi connectivity index (χ4n) is 9.68. The Labute approximate surface area is 403 Å². The van der Waals surface area contributed by atoms with E-state index in [-0.39, 0.29) is 45.4 Å². The molecule has 2 aliphatic heterocycles. The molecule has 0 aliphatic carbocycles. The summed E-state index contributed by atoms with van der Waals surface area (Å²) in [5.74, 6) is -4.66. The molecule has 6 aromatic rings. The van der Waals surface area contributed by atoms with Crippen molar-refractivity contribution in [3.05, 3.63) is 188 Å². The first-order valence-electron chi connectivity index (χ1n) is 22.5. The molecule has 0 bridgehead atoms. The number of fused-ring (bicyclic) bond motifs is 2. The van der Waals surface area contributed by atoms with Crippen molar-refractivity contribution in [3.63, 3.8) is 0 Å². The SMILES string of the molecule is CC(C)[C@H]1C(=O)N2C(C(=O)OC(=O)c3ccc([N+](=O)[O-])cc3)=C(CN(C(=O)OC(=O)c3ccc([N+](=O)[O-])cc3)c3cccc4c(O[Si](c5ccccc5)(c5ccccc5)C(C)(C)C)cccc34)[C@H](C)[C@H]12. The standard InChI is InChI=1S/C53H48N4O12Si/c1-32(2)45-46-33(3)42(47(55(46)48(45)58)51(61)67-49(59)34-23-27-36(28-24-34)56(63)64)31-54(52(62)68-50(60)35-25-29-37(30-26-35)57(65)66)43-21-13-20-41-40(43)19-14-22-44(41)69-70(53(4,5)6,38-15-9-7-10-16-38)39-17-11-8-12-18-39/h7-30,32-33,45-46H,31H2,1-6H3/t33-,45+,46+/m0/s1. The van der Waals surface area contributed by atoms with Crippen LogP contribution in [0.3, 0.4) is 0 Å². The molecule has 2 heterocycles. The lowest BCUT2D eigenvalue weighted by Gasteiger charge is -2.47. The van der Waals surface area contributed by atoms with Crippen LogP contribution in [0.15, 0.2) is 157 Å². The second kappa shape index (κ2) is 19.0. The highest BCUT2D eigenvalue weighted by Gasteiger charge is 2.60. The summed E-state index contributed by atoms with van der Waals surface area (Å²) in [4.78, 5) is 94.1.